The summed E-state index contributed by atoms with van der Waals surface area (Å²) in [4.78, 5) is 16.6. The summed E-state index contributed by atoms with van der Waals surface area (Å²) in [5.41, 5.74) is 0.375. The van der Waals surface area contributed by atoms with Gasteiger partial charge in [-0.3, -0.25) is 4.79 Å². The maximum Gasteiger partial charge on any atom is 0.251 e. The molecule has 8 heteroatoms. The summed E-state index contributed by atoms with van der Waals surface area (Å²) in [6, 6.07) is 6.29. The molecule has 0 spiro atoms. The minimum absolute atomic E-state index is 0.179. The summed E-state index contributed by atoms with van der Waals surface area (Å²) in [7, 11) is 2.38. The summed E-state index contributed by atoms with van der Waals surface area (Å²) in [5.74, 6) is -0.241. The molecule has 1 fully saturated rings. The van der Waals surface area contributed by atoms with Gasteiger partial charge in [0.25, 0.3) is 5.91 Å². The molecule has 25 heavy (non-hydrogen) atoms. The molecule has 140 valence electrons. The number of nitrogens with one attached hydrogen (secondary N) is 1. The lowest BCUT2D eigenvalue weighted by atomic mass is 10.2. The maximum atomic E-state index is 12.8. The predicted molar refractivity (Wildman–Crippen MR) is 98.2 cm³/mol. The molecule has 0 aliphatic carbocycles. The van der Waals surface area contributed by atoms with Crippen molar-refractivity contribution in [2.75, 3.05) is 60.4 Å². The summed E-state index contributed by atoms with van der Waals surface area (Å²) in [6.07, 6.45) is 0.845. The van der Waals surface area contributed by atoms with Crippen LogP contribution in [-0.2, 0) is 10.0 Å². The van der Waals surface area contributed by atoms with Crippen molar-refractivity contribution in [1.29, 1.82) is 0 Å². The van der Waals surface area contributed by atoms with Crippen LogP contribution in [0.3, 0.4) is 0 Å². The zero-order chi connectivity index (χ0) is 18.4. The Morgan fingerprint density at radius 2 is 1.88 bits per heavy atom. The van der Waals surface area contributed by atoms with Crippen molar-refractivity contribution >= 4 is 15.9 Å². The molecule has 2 rings (SSSR count). The van der Waals surface area contributed by atoms with Crippen LogP contribution in [0.15, 0.2) is 29.2 Å². The van der Waals surface area contributed by atoms with E-state index < -0.39 is 10.0 Å². The zero-order valence-corrected chi connectivity index (χ0v) is 16.1. The maximum absolute atomic E-state index is 12.8. The van der Waals surface area contributed by atoms with Crippen molar-refractivity contribution in [3.63, 3.8) is 0 Å². The fourth-order valence-electron chi connectivity index (χ4n) is 2.67. The molecule has 0 radical (unpaired) electrons. The van der Waals surface area contributed by atoms with Gasteiger partial charge in [0, 0.05) is 38.3 Å². The highest BCUT2D eigenvalue weighted by Gasteiger charge is 2.27. The first-order valence-electron chi connectivity index (χ1n) is 8.52. The minimum atomic E-state index is -3.56. The molecule has 0 saturated carbocycles. The summed E-state index contributed by atoms with van der Waals surface area (Å²) in [5, 5.41) is 2.84. The van der Waals surface area contributed by atoms with E-state index in [0.717, 1.165) is 13.0 Å². The van der Waals surface area contributed by atoms with E-state index in [1.54, 1.807) is 18.2 Å². The van der Waals surface area contributed by atoms with E-state index in [9.17, 15) is 13.2 Å². The predicted octanol–water partition coefficient (Wildman–Crippen LogP) is 0.304. The van der Waals surface area contributed by atoms with E-state index in [1.165, 1.54) is 10.4 Å². The first kappa shape index (κ1) is 19.8. The molecule has 0 bridgehead atoms. The number of nitrogens with zero attached hydrogens (tertiary/aromatic N) is 3. The van der Waals surface area contributed by atoms with Gasteiger partial charge < -0.3 is 15.1 Å². The molecular weight excluding hydrogens is 340 g/mol. The number of benzene rings is 1. The fraction of sp³-hybridized carbons (Fsp3) is 0.588. The zero-order valence-electron chi connectivity index (χ0n) is 15.2. The lowest BCUT2D eigenvalue weighted by Gasteiger charge is -2.31. The van der Waals surface area contributed by atoms with Crippen LogP contribution in [0.25, 0.3) is 0 Å². The van der Waals surface area contributed by atoms with E-state index in [4.69, 9.17) is 0 Å². The van der Waals surface area contributed by atoms with Gasteiger partial charge in [-0.15, -0.1) is 0 Å². The highest BCUT2D eigenvalue weighted by atomic mass is 32.2. The highest BCUT2D eigenvalue weighted by Crippen LogP contribution is 2.18. The highest BCUT2D eigenvalue weighted by molar-refractivity contribution is 7.89. The second kappa shape index (κ2) is 8.75. The average Bonchev–Trinajstić information content (AvgIpc) is 2.59. The van der Waals surface area contributed by atoms with Crippen LogP contribution in [0.2, 0.25) is 0 Å². The molecule has 1 aliphatic heterocycles. The molecule has 1 heterocycles. The van der Waals surface area contributed by atoms with Crippen LogP contribution in [-0.4, -0.2) is 88.8 Å². The number of hydrogen-bond acceptors (Lipinski definition) is 5. The van der Waals surface area contributed by atoms with E-state index in [-0.39, 0.29) is 10.8 Å². The van der Waals surface area contributed by atoms with Crippen molar-refractivity contribution in [3.8, 4) is 0 Å². The number of sulfonamides is 1. The normalized spacial score (nSPS) is 17.0. The summed E-state index contributed by atoms with van der Waals surface area (Å²) >= 11 is 0. The molecule has 7 nitrogen and oxygen atoms in total. The number of hydrogen-bond donors (Lipinski definition) is 1. The van der Waals surface area contributed by atoms with Gasteiger partial charge in [0.1, 0.15) is 0 Å². The van der Waals surface area contributed by atoms with Gasteiger partial charge in [-0.2, -0.15) is 4.31 Å². The van der Waals surface area contributed by atoms with Crippen molar-refractivity contribution in [1.82, 2.24) is 19.4 Å². The van der Waals surface area contributed by atoms with Crippen molar-refractivity contribution in [2.24, 2.45) is 0 Å². The Hall–Kier alpha value is -1.48. The Balaban J connectivity index is 2.03. The smallest absolute Gasteiger partial charge is 0.251 e. The Morgan fingerprint density at radius 1 is 1.20 bits per heavy atom. The van der Waals surface area contributed by atoms with Crippen molar-refractivity contribution in [2.45, 2.75) is 11.3 Å². The minimum Gasteiger partial charge on any atom is -0.352 e. The number of piperazine rings is 1. The van der Waals surface area contributed by atoms with Crippen LogP contribution in [0.1, 0.15) is 16.8 Å². The van der Waals surface area contributed by atoms with Crippen LogP contribution >= 0.6 is 0 Å². The summed E-state index contributed by atoms with van der Waals surface area (Å²) < 4.78 is 27.0. The quantitative estimate of drug-likeness (QED) is 0.701. The Bertz CT molecular complexity index is 683. The number of carbonyl (C=O) groups is 1. The molecule has 1 aromatic rings. The molecule has 1 aliphatic rings. The molecule has 0 atom stereocenters. The van der Waals surface area contributed by atoms with Gasteiger partial charge in [0.15, 0.2) is 0 Å². The third-order valence-corrected chi connectivity index (χ3v) is 6.16. The van der Waals surface area contributed by atoms with E-state index >= 15 is 0 Å². The monoisotopic (exact) mass is 368 g/mol. The van der Waals surface area contributed by atoms with Gasteiger partial charge in [-0.05, 0) is 52.3 Å². The van der Waals surface area contributed by atoms with Gasteiger partial charge >= 0.3 is 0 Å². The first-order valence-corrected chi connectivity index (χ1v) is 9.96. The van der Waals surface area contributed by atoms with Crippen LogP contribution in [0.5, 0.6) is 0 Å². The molecular formula is C17H28N4O3S. The second-order valence-corrected chi connectivity index (χ2v) is 8.59. The number of carbonyl (C=O) groups excluding carboxylic acids is 1. The van der Waals surface area contributed by atoms with Gasteiger partial charge in [0.2, 0.25) is 10.0 Å². The largest absolute Gasteiger partial charge is 0.352 e. The standard InChI is InChI=1S/C17H28N4O3S/c1-19(2)9-5-8-18-17(22)15-6-4-7-16(14-15)25(23,24)21-12-10-20(3)11-13-21/h4,6-7,14H,5,8-13H2,1-3H3,(H,18,22). The molecule has 1 saturated heterocycles. The van der Waals surface area contributed by atoms with Crippen molar-refractivity contribution in [3.05, 3.63) is 29.8 Å². The lowest BCUT2D eigenvalue weighted by Crippen LogP contribution is -2.47. The topological polar surface area (TPSA) is 73.0 Å². The van der Waals surface area contributed by atoms with Crippen LogP contribution in [0, 0.1) is 0 Å². The van der Waals surface area contributed by atoms with Crippen LogP contribution in [0.4, 0.5) is 0 Å². The Labute approximate surface area is 150 Å². The molecule has 1 N–H and O–H groups in total. The van der Waals surface area contributed by atoms with E-state index in [0.29, 0.717) is 38.3 Å². The number of rotatable bonds is 7. The number of likely N-dealkylation sites (N-methyl/N-ethyl adjacent to an activating group) is 1. The Morgan fingerprint density at radius 3 is 2.52 bits per heavy atom. The van der Waals surface area contributed by atoms with E-state index in [1.807, 2.05) is 21.1 Å². The van der Waals surface area contributed by atoms with Gasteiger partial charge in [-0.25, -0.2) is 8.42 Å². The van der Waals surface area contributed by atoms with Gasteiger partial charge in [0.05, 0.1) is 4.90 Å². The van der Waals surface area contributed by atoms with Gasteiger partial charge in [-0.1, -0.05) is 6.07 Å². The third kappa shape index (κ3) is 5.50. The van der Waals surface area contributed by atoms with Crippen LogP contribution < -0.4 is 5.32 Å². The number of amides is 1. The lowest BCUT2D eigenvalue weighted by molar-refractivity contribution is 0.0952. The summed E-state index contributed by atoms with van der Waals surface area (Å²) in [6.45, 7) is 3.82. The second-order valence-electron chi connectivity index (χ2n) is 6.65. The first-order chi connectivity index (χ1) is 11.8. The molecule has 1 amide bonds. The average molecular weight is 369 g/mol. The Kier molecular flexibility index (Phi) is 6.95. The molecule has 0 aromatic heterocycles. The molecule has 1 aromatic carbocycles. The SMILES string of the molecule is CN(C)CCCNC(=O)c1cccc(S(=O)(=O)N2CCN(C)CC2)c1. The molecule has 0 unspecified atom stereocenters. The van der Waals surface area contributed by atoms with Crippen molar-refractivity contribution < 1.29 is 13.2 Å². The third-order valence-electron chi connectivity index (χ3n) is 4.26. The fourth-order valence-corrected chi connectivity index (χ4v) is 4.14. The van der Waals surface area contributed by atoms with E-state index in [2.05, 4.69) is 15.1 Å².